The molecule has 0 aromatic carbocycles. The van der Waals surface area contributed by atoms with E-state index in [1.165, 1.54) is 4.90 Å². The molecule has 1 heterocycles. The van der Waals surface area contributed by atoms with Crippen LogP contribution in [0, 0.1) is 11.8 Å². The highest BCUT2D eigenvalue weighted by molar-refractivity contribution is 6.37. The third-order valence-electron chi connectivity index (χ3n) is 8.39. The average molecular weight is 740 g/mol. The SMILES string of the molecule is CCC[C@H](NC(=O)[C@@H]1CCCN1C(=O)[C@@H](NC(=O)[C@@H](NC(=O)[C@H](CCC(=O)O)NC(=O)[C@H](CCC(=O)O)NC(C)=O)C(C)C)C(C)C)C(=O)C(N)=O. The highest BCUT2D eigenvalue weighted by atomic mass is 16.4. The summed E-state index contributed by atoms with van der Waals surface area (Å²) in [6.07, 6.45) is -0.480. The van der Waals surface area contributed by atoms with Gasteiger partial charge in [-0.05, 0) is 43.9 Å². The molecular formula is C33H53N7O12. The number of carboxylic acids is 2. The normalized spacial score (nSPS) is 16.8. The maximum atomic E-state index is 13.9. The number of carboxylic acid groups (broad SMARTS) is 2. The number of primary amides is 1. The minimum absolute atomic E-state index is 0.155. The number of Topliss-reactive ketones (excluding diaryl/α,β-unsaturated/α-hetero) is 1. The van der Waals surface area contributed by atoms with E-state index >= 15 is 0 Å². The fourth-order valence-corrected chi connectivity index (χ4v) is 5.62. The third-order valence-corrected chi connectivity index (χ3v) is 8.39. The molecule has 52 heavy (non-hydrogen) atoms. The lowest BCUT2D eigenvalue weighted by Crippen LogP contribution is -2.61. The van der Waals surface area contributed by atoms with Crippen LogP contribution in [0.2, 0.25) is 0 Å². The summed E-state index contributed by atoms with van der Waals surface area (Å²) >= 11 is 0. The summed E-state index contributed by atoms with van der Waals surface area (Å²) in [5, 5.41) is 30.6. The molecule has 0 unspecified atom stereocenters. The van der Waals surface area contributed by atoms with Crippen molar-refractivity contribution < 1.29 is 58.2 Å². The Morgan fingerprint density at radius 2 is 1.19 bits per heavy atom. The van der Waals surface area contributed by atoms with Crippen molar-refractivity contribution in [2.24, 2.45) is 17.6 Å². The summed E-state index contributed by atoms with van der Waals surface area (Å²) in [6, 6.07) is -7.49. The number of hydrogen-bond acceptors (Lipinski definition) is 10. The predicted octanol–water partition coefficient (Wildman–Crippen LogP) is -1.68. The van der Waals surface area contributed by atoms with Gasteiger partial charge in [0.05, 0.1) is 6.04 Å². The number of ketones is 1. The zero-order valence-corrected chi connectivity index (χ0v) is 30.5. The van der Waals surface area contributed by atoms with Crippen molar-refractivity contribution in [2.45, 2.75) is 129 Å². The van der Waals surface area contributed by atoms with Crippen LogP contribution in [0.1, 0.15) is 92.9 Å². The molecule has 1 fully saturated rings. The van der Waals surface area contributed by atoms with Gasteiger partial charge in [-0.3, -0.25) is 47.9 Å². The monoisotopic (exact) mass is 739 g/mol. The van der Waals surface area contributed by atoms with Crippen LogP contribution < -0.4 is 32.3 Å². The first-order valence-corrected chi connectivity index (χ1v) is 17.3. The molecular weight excluding hydrogens is 686 g/mol. The van der Waals surface area contributed by atoms with Gasteiger partial charge in [0.2, 0.25) is 41.2 Å². The molecule has 0 bridgehead atoms. The Hall–Kier alpha value is -5.10. The molecule has 7 amide bonds. The molecule has 0 radical (unpaired) electrons. The smallest absolute Gasteiger partial charge is 0.303 e. The first-order chi connectivity index (χ1) is 24.2. The largest absolute Gasteiger partial charge is 0.481 e. The summed E-state index contributed by atoms with van der Waals surface area (Å²) in [4.78, 5) is 126. The number of hydrogen-bond donors (Lipinski definition) is 8. The Bertz CT molecular complexity index is 1370. The van der Waals surface area contributed by atoms with Crippen LogP contribution in [0.3, 0.4) is 0 Å². The lowest BCUT2D eigenvalue weighted by molar-refractivity contribution is -0.144. The molecule has 19 nitrogen and oxygen atoms in total. The van der Waals surface area contributed by atoms with Crippen molar-refractivity contribution in [2.75, 3.05) is 6.54 Å². The molecule has 0 aromatic rings. The summed E-state index contributed by atoms with van der Waals surface area (Å²) in [7, 11) is 0. The van der Waals surface area contributed by atoms with Gasteiger partial charge in [0.1, 0.15) is 30.2 Å². The number of amides is 7. The maximum Gasteiger partial charge on any atom is 0.303 e. The third kappa shape index (κ3) is 14.3. The molecule has 1 rings (SSSR count). The second-order valence-electron chi connectivity index (χ2n) is 13.4. The topological polar surface area (TPSA) is 301 Å². The summed E-state index contributed by atoms with van der Waals surface area (Å²) in [6.45, 7) is 9.54. The van der Waals surface area contributed by atoms with Crippen LogP contribution in [-0.2, 0) is 47.9 Å². The quantitative estimate of drug-likeness (QED) is 0.0578. The van der Waals surface area contributed by atoms with Gasteiger partial charge in [-0.15, -0.1) is 0 Å². The van der Waals surface area contributed by atoms with Crippen LogP contribution in [0.25, 0.3) is 0 Å². The van der Waals surface area contributed by atoms with E-state index in [9.17, 15) is 53.1 Å². The van der Waals surface area contributed by atoms with Crippen molar-refractivity contribution in [1.29, 1.82) is 0 Å². The molecule has 6 atom stereocenters. The van der Waals surface area contributed by atoms with E-state index < -0.39 is 126 Å². The number of aliphatic carboxylic acids is 2. The molecule has 292 valence electrons. The number of nitrogens with zero attached hydrogens (tertiary/aromatic N) is 1. The van der Waals surface area contributed by atoms with Gasteiger partial charge in [0.25, 0.3) is 5.91 Å². The Balaban J connectivity index is 3.22. The predicted molar refractivity (Wildman–Crippen MR) is 183 cm³/mol. The van der Waals surface area contributed by atoms with Crippen molar-refractivity contribution in [3.63, 3.8) is 0 Å². The van der Waals surface area contributed by atoms with Crippen molar-refractivity contribution >= 4 is 59.1 Å². The fourth-order valence-electron chi connectivity index (χ4n) is 5.62. The van der Waals surface area contributed by atoms with Gasteiger partial charge in [0.15, 0.2) is 0 Å². The standard InChI is InChI=1S/C33H53N7O12/c1-7-9-19(27(46)28(34)47)36-31(50)22-10-8-15-40(22)33(52)26(17(4)5)39-32(51)25(16(2)3)38-30(49)21(12-14-24(44)45)37-29(48)20(35-18(6)41)11-13-23(42)43/h16-17,19-22,25-26H,7-15H2,1-6H3,(H2,34,47)(H,35,41)(H,36,50)(H,37,48)(H,38,49)(H,39,51)(H,42,43)(H,44,45)/t19-,20-,21-,22-,25-,26-/m0/s1. The molecule has 1 saturated heterocycles. The van der Waals surface area contributed by atoms with E-state index in [4.69, 9.17) is 10.8 Å². The lowest BCUT2D eigenvalue weighted by Gasteiger charge is -2.33. The number of likely N-dealkylation sites (tertiary alicyclic amines) is 1. The van der Waals surface area contributed by atoms with Crippen LogP contribution in [-0.4, -0.2) is 117 Å². The number of rotatable bonds is 22. The minimum atomic E-state index is -1.51. The molecule has 0 aromatic heterocycles. The highest BCUT2D eigenvalue weighted by Gasteiger charge is 2.41. The van der Waals surface area contributed by atoms with Crippen molar-refractivity contribution in [3.05, 3.63) is 0 Å². The first kappa shape index (κ1) is 44.9. The molecule has 1 aliphatic heterocycles. The summed E-state index contributed by atoms with van der Waals surface area (Å²) in [5.41, 5.74) is 5.13. The molecule has 19 heteroatoms. The van der Waals surface area contributed by atoms with Crippen molar-refractivity contribution in [1.82, 2.24) is 31.5 Å². The Morgan fingerprint density at radius 3 is 1.65 bits per heavy atom. The zero-order valence-electron chi connectivity index (χ0n) is 30.5. The van der Waals surface area contributed by atoms with E-state index in [2.05, 4.69) is 26.6 Å². The van der Waals surface area contributed by atoms with Gasteiger partial charge < -0.3 is 47.4 Å². The average Bonchev–Trinajstić information content (AvgIpc) is 3.54. The fraction of sp³-hybridized carbons (Fsp3) is 0.697. The van der Waals surface area contributed by atoms with Crippen LogP contribution in [0.4, 0.5) is 0 Å². The second kappa shape index (κ2) is 21.3. The molecule has 1 aliphatic rings. The Morgan fingerprint density at radius 1 is 0.692 bits per heavy atom. The van der Waals surface area contributed by atoms with E-state index in [1.807, 2.05) is 0 Å². The molecule has 0 saturated carbocycles. The van der Waals surface area contributed by atoms with E-state index in [-0.39, 0.29) is 25.8 Å². The van der Waals surface area contributed by atoms with Gasteiger partial charge in [-0.1, -0.05) is 41.0 Å². The van der Waals surface area contributed by atoms with E-state index in [1.54, 1.807) is 34.6 Å². The van der Waals surface area contributed by atoms with Gasteiger partial charge in [0, 0.05) is 26.3 Å². The first-order valence-electron chi connectivity index (χ1n) is 17.3. The minimum Gasteiger partial charge on any atom is -0.481 e. The second-order valence-corrected chi connectivity index (χ2v) is 13.4. The molecule has 9 N–H and O–H groups in total. The zero-order chi connectivity index (χ0) is 39.9. The van der Waals surface area contributed by atoms with E-state index in [0.29, 0.717) is 12.8 Å². The lowest BCUT2D eigenvalue weighted by atomic mass is 9.98. The molecule has 0 spiro atoms. The number of carbonyl (C=O) groups is 10. The number of carbonyl (C=O) groups excluding carboxylic acids is 8. The van der Waals surface area contributed by atoms with Crippen LogP contribution in [0.5, 0.6) is 0 Å². The van der Waals surface area contributed by atoms with Gasteiger partial charge >= 0.3 is 11.9 Å². The van der Waals surface area contributed by atoms with E-state index in [0.717, 1.165) is 6.92 Å². The maximum absolute atomic E-state index is 13.9. The molecule has 0 aliphatic carbocycles. The van der Waals surface area contributed by atoms with Gasteiger partial charge in [-0.25, -0.2) is 0 Å². The van der Waals surface area contributed by atoms with Crippen LogP contribution >= 0.6 is 0 Å². The Kier molecular flexibility index (Phi) is 18.4. The number of nitrogens with two attached hydrogens (primary N) is 1. The Labute approximate surface area is 301 Å². The summed E-state index contributed by atoms with van der Waals surface area (Å²) < 4.78 is 0. The van der Waals surface area contributed by atoms with Crippen molar-refractivity contribution in [3.8, 4) is 0 Å². The van der Waals surface area contributed by atoms with Gasteiger partial charge in [-0.2, -0.15) is 0 Å². The highest BCUT2D eigenvalue weighted by Crippen LogP contribution is 2.21. The number of nitrogens with one attached hydrogen (secondary N) is 5. The van der Waals surface area contributed by atoms with Crippen LogP contribution in [0.15, 0.2) is 0 Å². The summed E-state index contributed by atoms with van der Waals surface area (Å²) in [5.74, 6) is -10.4.